The molecule has 2 aromatic carbocycles. The van der Waals surface area contributed by atoms with Crippen LogP contribution in [0, 0.1) is 0 Å². The number of rotatable bonds is 3. The van der Waals surface area contributed by atoms with Crippen LogP contribution in [0.25, 0.3) is 17.2 Å². The molecule has 126 valence electrons. The number of fused-ring (bicyclic) bond motifs is 1. The molecule has 0 N–H and O–H groups in total. The van der Waals surface area contributed by atoms with E-state index >= 15 is 0 Å². The molecular formula is C24H30. The van der Waals surface area contributed by atoms with Gasteiger partial charge < -0.3 is 0 Å². The zero-order valence-corrected chi connectivity index (χ0v) is 16.1. The molecule has 0 heterocycles. The highest BCUT2D eigenvalue weighted by Gasteiger charge is 2.21. The third-order valence-electron chi connectivity index (χ3n) is 5.29. The molecule has 0 unspecified atom stereocenters. The molecule has 3 rings (SSSR count). The minimum atomic E-state index is 0.204. The zero-order chi connectivity index (χ0) is 17.5. The molecule has 0 bridgehead atoms. The summed E-state index contributed by atoms with van der Waals surface area (Å²) in [5, 5.41) is 0. The van der Waals surface area contributed by atoms with Crippen molar-refractivity contribution >= 4 is 6.08 Å². The molecule has 0 saturated heterocycles. The summed E-state index contributed by atoms with van der Waals surface area (Å²) in [4.78, 5) is 0. The molecule has 0 spiro atoms. The molecule has 1 aliphatic carbocycles. The van der Waals surface area contributed by atoms with E-state index in [9.17, 15) is 0 Å². The van der Waals surface area contributed by atoms with E-state index < -0.39 is 0 Å². The maximum Gasteiger partial charge on any atom is -0.00603 e. The van der Waals surface area contributed by atoms with E-state index in [1.165, 1.54) is 44.5 Å². The minimum Gasteiger partial charge on any atom is -0.0683 e. The number of aryl methyl sites for hydroxylation is 1. The van der Waals surface area contributed by atoms with Gasteiger partial charge in [-0.3, -0.25) is 0 Å². The Morgan fingerprint density at radius 3 is 2.17 bits per heavy atom. The lowest BCUT2D eigenvalue weighted by molar-refractivity contribution is 0.590. The van der Waals surface area contributed by atoms with Crippen molar-refractivity contribution in [1.82, 2.24) is 0 Å². The van der Waals surface area contributed by atoms with Crippen LogP contribution in [-0.4, -0.2) is 0 Å². The first kappa shape index (κ1) is 17.0. The predicted octanol–water partition coefficient (Wildman–Crippen LogP) is 6.74. The van der Waals surface area contributed by atoms with Crippen LogP contribution < -0.4 is 0 Å². The molecule has 2 aromatic rings. The second kappa shape index (κ2) is 6.24. The molecular weight excluding hydrogens is 288 g/mol. The first-order valence-electron chi connectivity index (χ1n) is 9.30. The third-order valence-corrected chi connectivity index (χ3v) is 5.29. The van der Waals surface area contributed by atoms with Crippen LogP contribution >= 0.6 is 0 Å². The van der Waals surface area contributed by atoms with E-state index in [1.807, 2.05) is 0 Å². The maximum absolute atomic E-state index is 2.45. The topological polar surface area (TPSA) is 0 Å². The lowest BCUT2D eigenvalue weighted by atomic mass is 9.83. The molecule has 0 aromatic heterocycles. The lowest BCUT2D eigenvalue weighted by Gasteiger charge is -2.21. The van der Waals surface area contributed by atoms with Crippen molar-refractivity contribution in [3.63, 3.8) is 0 Å². The summed E-state index contributed by atoms with van der Waals surface area (Å²) in [6.45, 7) is 13.7. The Balaban J connectivity index is 2.21. The maximum atomic E-state index is 2.45. The van der Waals surface area contributed by atoms with Crippen LogP contribution in [0.5, 0.6) is 0 Å². The van der Waals surface area contributed by atoms with Gasteiger partial charge in [0.15, 0.2) is 0 Å². The fraction of sp³-hybridized carbons (Fsp3) is 0.417. The second-order valence-electron chi connectivity index (χ2n) is 8.16. The van der Waals surface area contributed by atoms with Gasteiger partial charge >= 0.3 is 0 Å². The Hall–Kier alpha value is -1.82. The number of allylic oxidation sites excluding steroid dienone is 1. The van der Waals surface area contributed by atoms with Gasteiger partial charge in [-0.2, -0.15) is 0 Å². The minimum absolute atomic E-state index is 0.204. The van der Waals surface area contributed by atoms with Crippen LogP contribution in [0.3, 0.4) is 0 Å². The highest BCUT2D eigenvalue weighted by molar-refractivity contribution is 5.84. The van der Waals surface area contributed by atoms with Crippen LogP contribution in [-0.2, 0) is 24.7 Å². The van der Waals surface area contributed by atoms with E-state index in [-0.39, 0.29) is 5.41 Å². The van der Waals surface area contributed by atoms with E-state index in [2.05, 4.69) is 78.0 Å². The molecule has 0 atom stereocenters. The van der Waals surface area contributed by atoms with Crippen molar-refractivity contribution in [3.8, 4) is 11.1 Å². The van der Waals surface area contributed by atoms with Gasteiger partial charge in [-0.25, -0.2) is 0 Å². The SMILES string of the molecule is CCc1cc2c(c(-c3ccc(C(C)(C)C)cc3)c1CC)C=C(C)C2. The Kier molecular flexibility index (Phi) is 4.42. The fourth-order valence-corrected chi connectivity index (χ4v) is 3.95. The van der Waals surface area contributed by atoms with E-state index in [1.54, 1.807) is 0 Å². The monoisotopic (exact) mass is 318 g/mol. The highest BCUT2D eigenvalue weighted by Crippen LogP contribution is 2.39. The van der Waals surface area contributed by atoms with E-state index in [4.69, 9.17) is 0 Å². The van der Waals surface area contributed by atoms with Gasteiger partial charge in [0.25, 0.3) is 0 Å². The Morgan fingerprint density at radius 1 is 0.958 bits per heavy atom. The third kappa shape index (κ3) is 2.95. The summed E-state index contributed by atoms with van der Waals surface area (Å²) in [6, 6.07) is 11.7. The van der Waals surface area contributed by atoms with Crippen LogP contribution in [0.15, 0.2) is 35.9 Å². The predicted molar refractivity (Wildman–Crippen MR) is 107 cm³/mol. The summed E-state index contributed by atoms with van der Waals surface area (Å²) >= 11 is 0. The van der Waals surface area contributed by atoms with Crippen molar-refractivity contribution in [2.75, 3.05) is 0 Å². The van der Waals surface area contributed by atoms with Crippen LogP contribution in [0.1, 0.15) is 69.4 Å². The second-order valence-corrected chi connectivity index (χ2v) is 8.16. The van der Waals surface area contributed by atoms with Gasteiger partial charge in [0.05, 0.1) is 0 Å². The van der Waals surface area contributed by atoms with Gasteiger partial charge in [-0.05, 0) is 70.5 Å². The van der Waals surface area contributed by atoms with Crippen molar-refractivity contribution in [2.24, 2.45) is 0 Å². The molecule has 24 heavy (non-hydrogen) atoms. The van der Waals surface area contributed by atoms with E-state index in [0.717, 1.165) is 19.3 Å². The highest BCUT2D eigenvalue weighted by atomic mass is 14.3. The van der Waals surface area contributed by atoms with Gasteiger partial charge in [0, 0.05) is 0 Å². The standard InChI is InChI=1S/C24H30/c1-7-17-15-19-13-16(3)14-22(19)23(21(17)8-2)18-9-11-20(12-10-18)24(4,5)6/h9-12,14-15H,7-8,13H2,1-6H3. The molecule has 0 radical (unpaired) electrons. The first-order chi connectivity index (χ1) is 11.3. The largest absolute Gasteiger partial charge is 0.0683 e. The van der Waals surface area contributed by atoms with Crippen LogP contribution in [0.4, 0.5) is 0 Å². The van der Waals surface area contributed by atoms with Crippen molar-refractivity contribution < 1.29 is 0 Å². The molecule has 1 aliphatic rings. The van der Waals surface area contributed by atoms with Gasteiger partial charge in [-0.15, -0.1) is 0 Å². The van der Waals surface area contributed by atoms with Crippen LogP contribution in [0.2, 0.25) is 0 Å². The van der Waals surface area contributed by atoms with Gasteiger partial charge in [0.1, 0.15) is 0 Å². The number of benzene rings is 2. The van der Waals surface area contributed by atoms with Gasteiger partial charge in [0.2, 0.25) is 0 Å². The first-order valence-corrected chi connectivity index (χ1v) is 9.30. The van der Waals surface area contributed by atoms with E-state index in [0.29, 0.717) is 0 Å². The summed E-state index contributed by atoms with van der Waals surface area (Å²) in [6.07, 6.45) is 5.72. The Morgan fingerprint density at radius 2 is 1.62 bits per heavy atom. The van der Waals surface area contributed by atoms with Crippen molar-refractivity contribution in [2.45, 2.75) is 66.2 Å². The Labute approximate surface area is 147 Å². The van der Waals surface area contributed by atoms with Crippen molar-refractivity contribution in [1.29, 1.82) is 0 Å². The summed E-state index contributed by atoms with van der Waals surface area (Å²) in [5.74, 6) is 0. The van der Waals surface area contributed by atoms with Gasteiger partial charge in [-0.1, -0.05) is 76.6 Å². The molecule has 0 saturated carbocycles. The summed E-state index contributed by atoms with van der Waals surface area (Å²) in [5.41, 5.74) is 12.0. The average molecular weight is 319 g/mol. The normalized spacial score (nSPS) is 13.8. The average Bonchev–Trinajstić information content (AvgIpc) is 2.91. The van der Waals surface area contributed by atoms with Crippen molar-refractivity contribution in [3.05, 3.63) is 63.7 Å². The quantitative estimate of drug-likeness (QED) is 0.588. The molecule has 0 fully saturated rings. The number of hydrogen-bond acceptors (Lipinski definition) is 0. The Bertz CT molecular complexity index is 780. The molecule has 0 aliphatic heterocycles. The molecule has 0 amide bonds. The zero-order valence-electron chi connectivity index (χ0n) is 16.1. The molecule has 0 nitrogen and oxygen atoms in total. The fourth-order valence-electron chi connectivity index (χ4n) is 3.95. The number of hydrogen-bond donors (Lipinski definition) is 0. The molecule has 0 heteroatoms. The lowest BCUT2D eigenvalue weighted by Crippen LogP contribution is -2.10. The smallest absolute Gasteiger partial charge is 0.00603 e. The summed E-state index contributed by atoms with van der Waals surface area (Å²) < 4.78 is 0. The summed E-state index contributed by atoms with van der Waals surface area (Å²) in [7, 11) is 0.